The Hall–Kier alpha value is -1.65. The van der Waals surface area contributed by atoms with Crippen molar-refractivity contribution < 1.29 is 4.74 Å². The van der Waals surface area contributed by atoms with E-state index in [0.717, 1.165) is 43.3 Å². The fourth-order valence-electron chi connectivity index (χ4n) is 5.74. The Bertz CT molecular complexity index is 822. The Morgan fingerprint density at radius 1 is 1.07 bits per heavy atom. The van der Waals surface area contributed by atoms with Gasteiger partial charge in [0.25, 0.3) is 0 Å². The van der Waals surface area contributed by atoms with Crippen molar-refractivity contribution in [2.24, 2.45) is 11.8 Å². The molecule has 1 aromatic heterocycles. The zero-order valence-corrected chi connectivity index (χ0v) is 17.5. The maximum Gasteiger partial charge on any atom is 0.0928 e. The highest BCUT2D eigenvalue weighted by atomic mass is 16.5. The number of ether oxygens (including phenoxy) is 1. The van der Waals surface area contributed by atoms with Gasteiger partial charge in [0.1, 0.15) is 0 Å². The lowest BCUT2D eigenvalue weighted by molar-refractivity contribution is 0.129. The number of fused-ring (bicyclic) bond motifs is 1. The van der Waals surface area contributed by atoms with Crippen molar-refractivity contribution in [2.75, 3.05) is 26.3 Å². The minimum Gasteiger partial charge on any atom is -0.380 e. The molecule has 4 heteroatoms. The lowest BCUT2D eigenvalue weighted by atomic mass is 10.0. The normalized spacial score (nSPS) is 30.4. The van der Waals surface area contributed by atoms with Gasteiger partial charge < -0.3 is 4.74 Å². The van der Waals surface area contributed by atoms with Gasteiger partial charge in [-0.15, -0.1) is 0 Å². The summed E-state index contributed by atoms with van der Waals surface area (Å²) in [5, 5.41) is 5.04. The molecule has 0 N–H and O–H groups in total. The van der Waals surface area contributed by atoms with Crippen molar-refractivity contribution >= 4 is 0 Å². The van der Waals surface area contributed by atoms with Gasteiger partial charge in [0.15, 0.2) is 0 Å². The van der Waals surface area contributed by atoms with Crippen LogP contribution in [0.4, 0.5) is 0 Å². The predicted molar refractivity (Wildman–Crippen MR) is 113 cm³/mol. The van der Waals surface area contributed by atoms with Crippen molar-refractivity contribution in [3.05, 3.63) is 41.6 Å². The molecule has 0 spiro atoms. The Kier molecular flexibility index (Phi) is 4.80. The van der Waals surface area contributed by atoms with E-state index in [4.69, 9.17) is 9.84 Å². The van der Waals surface area contributed by atoms with Crippen molar-refractivity contribution in [3.63, 3.8) is 0 Å². The van der Waals surface area contributed by atoms with Gasteiger partial charge in [0.05, 0.1) is 12.3 Å². The third-order valence-corrected chi connectivity index (χ3v) is 7.21. The average Bonchev–Trinajstić information content (AvgIpc) is 3.02. The maximum atomic E-state index is 5.66. The van der Waals surface area contributed by atoms with Crippen molar-refractivity contribution in [1.29, 1.82) is 0 Å². The molecule has 2 saturated carbocycles. The smallest absolute Gasteiger partial charge is 0.0928 e. The van der Waals surface area contributed by atoms with Crippen molar-refractivity contribution in [1.82, 2.24) is 14.7 Å². The Labute approximate surface area is 168 Å². The molecular weight excluding hydrogens is 346 g/mol. The van der Waals surface area contributed by atoms with Gasteiger partial charge in [-0.25, -0.2) is 0 Å². The monoisotopic (exact) mass is 379 g/mol. The molecule has 4 nitrogen and oxygen atoms in total. The van der Waals surface area contributed by atoms with Crippen LogP contribution >= 0.6 is 0 Å². The fraction of sp³-hybridized carbons (Fsp3) is 0.625. The summed E-state index contributed by atoms with van der Waals surface area (Å²) < 4.78 is 7.96. The topological polar surface area (TPSA) is 30.3 Å². The number of nitrogens with zero attached hydrogens (tertiary/aromatic N) is 3. The Morgan fingerprint density at radius 3 is 2.61 bits per heavy atom. The van der Waals surface area contributed by atoms with Crippen LogP contribution < -0.4 is 0 Å². The van der Waals surface area contributed by atoms with Crippen LogP contribution in [0.5, 0.6) is 0 Å². The first kappa shape index (κ1) is 18.4. The van der Waals surface area contributed by atoms with Crippen LogP contribution in [0.2, 0.25) is 0 Å². The highest BCUT2D eigenvalue weighted by molar-refractivity contribution is 5.64. The zero-order chi connectivity index (χ0) is 19.3. The van der Waals surface area contributed by atoms with Crippen LogP contribution in [-0.2, 0) is 4.74 Å². The molecule has 5 rings (SSSR count). The molecule has 1 aromatic carbocycles. The summed E-state index contributed by atoms with van der Waals surface area (Å²) in [5.74, 6) is 2.42. The highest BCUT2D eigenvalue weighted by Gasteiger charge is 2.58. The van der Waals surface area contributed by atoms with E-state index in [1.54, 1.807) is 0 Å². The van der Waals surface area contributed by atoms with Crippen LogP contribution in [0.15, 0.2) is 30.3 Å². The molecule has 1 saturated heterocycles. The summed E-state index contributed by atoms with van der Waals surface area (Å²) in [4.78, 5) is 2.70. The van der Waals surface area contributed by atoms with E-state index in [1.165, 1.54) is 42.6 Å². The van der Waals surface area contributed by atoms with Gasteiger partial charge in [-0.3, -0.25) is 9.58 Å². The summed E-state index contributed by atoms with van der Waals surface area (Å²) >= 11 is 0. The van der Waals surface area contributed by atoms with E-state index in [1.807, 2.05) is 0 Å². The zero-order valence-electron chi connectivity index (χ0n) is 17.5. The summed E-state index contributed by atoms with van der Waals surface area (Å²) in [6, 6.07) is 12.2. The first-order chi connectivity index (χ1) is 13.6. The van der Waals surface area contributed by atoms with Crippen LogP contribution in [-0.4, -0.2) is 47.0 Å². The molecule has 2 aliphatic carbocycles. The summed E-state index contributed by atoms with van der Waals surface area (Å²) in [7, 11) is 0. The van der Waals surface area contributed by atoms with Crippen molar-refractivity contribution in [3.8, 4) is 11.3 Å². The number of rotatable bonds is 4. The average molecular weight is 380 g/mol. The second kappa shape index (κ2) is 7.31. The van der Waals surface area contributed by atoms with E-state index in [0.29, 0.717) is 12.0 Å². The first-order valence-electron chi connectivity index (χ1n) is 11.1. The molecule has 1 aliphatic heterocycles. The SMILES string of the molecule is Cc1ccccc1-c1cc(C2C3CC(N4CCCOCC4)CC32)n(C(C)C)n1. The minimum absolute atomic E-state index is 0.410. The highest BCUT2D eigenvalue weighted by Crippen LogP contribution is 2.64. The number of aryl methyl sites for hydroxylation is 1. The predicted octanol–water partition coefficient (Wildman–Crippen LogP) is 4.65. The lowest BCUT2D eigenvalue weighted by Gasteiger charge is -2.28. The molecule has 3 aliphatic rings. The maximum absolute atomic E-state index is 5.66. The molecule has 0 radical (unpaired) electrons. The number of benzene rings is 1. The number of hydrogen-bond acceptors (Lipinski definition) is 3. The third kappa shape index (κ3) is 3.21. The van der Waals surface area contributed by atoms with Gasteiger partial charge in [-0.1, -0.05) is 24.3 Å². The molecule has 0 amide bonds. The van der Waals surface area contributed by atoms with Gasteiger partial charge in [-0.2, -0.15) is 5.10 Å². The first-order valence-corrected chi connectivity index (χ1v) is 11.1. The van der Waals surface area contributed by atoms with Crippen LogP contribution in [0.3, 0.4) is 0 Å². The van der Waals surface area contributed by atoms with Crippen LogP contribution in [0, 0.1) is 18.8 Å². The second-order valence-corrected chi connectivity index (χ2v) is 9.29. The van der Waals surface area contributed by atoms with Gasteiger partial charge >= 0.3 is 0 Å². The van der Waals surface area contributed by atoms with E-state index < -0.39 is 0 Å². The third-order valence-electron chi connectivity index (χ3n) is 7.21. The molecule has 28 heavy (non-hydrogen) atoms. The second-order valence-electron chi connectivity index (χ2n) is 9.29. The summed E-state index contributed by atoms with van der Waals surface area (Å²) in [6.07, 6.45) is 3.91. The van der Waals surface area contributed by atoms with E-state index in [2.05, 4.69) is 60.7 Å². The van der Waals surface area contributed by atoms with Gasteiger partial charge in [-0.05, 0) is 63.5 Å². The standard InChI is InChI=1S/C24H33N3O/c1-16(2)27-23(15-22(25-27)19-8-5-4-7-17(19)3)24-20-13-18(14-21(20)24)26-9-6-11-28-12-10-26/h4-5,7-8,15-16,18,20-21,24H,6,9-14H2,1-3H3. The molecule has 2 aromatic rings. The Morgan fingerprint density at radius 2 is 1.86 bits per heavy atom. The molecule has 150 valence electrons. The largest absolute Gasteiger partial charge is 0.380 e. The van der Waals surface area contributed by atoms with E-state index >= 15 is 0 Å². The number of aromatic nitrogens is 2. The molecule has 2 heterocycles. The summed E-state index contributed by atoms with van der Waals surface area (Å²) in [6.45, 7) is 10.9. The van der Waals surface area contributed by atoms with Crippen LogP contribution in [0.25, 0.3) is 11.3 Å². The fourth-order valence-corrected chi connectivity index (χ4v) is 5.74. The van der Waals surface area contributed by atoms with Gasteiger partial charge in [0.2, 0.25) is 0 Å². The minimum atomic E-state index is 0.410. The van der Waals surface area contributed by atoms with E-state index in [9.17, 15) is 0 Å². The summed E-state index contributed by atoms with van der Waals surface area (Å²) in [5.41, 5.74) is 5.20. The van der Waals surface area contributed by atoms with Gasteiger partial charge in [0, 0.05) is 49.0 Å². The Balaban J connectivity index is 1.35. The van der Waals surface area contributed by atoms with Crippen LogP contribution in [0.1, 0.15) is 56.3 Å². The molecule has 0 bridgehead atoms. The quantitative estimate of drug-likeness (QED) is 0.774. The molecule has 3 fully saturated rings. The molecule has 2 unspecified atom stereocenters. The molecular formula is C24H33N3O. The van der Waals surface area contributed by atoms with E-state index in [-0.39, 0.29) is 0 Å². The lowest BCUT2D eigenvalue weighted by Crippen LogP contribution is -2.36. The van der Waals surface area contributed by atoms with Crippen molar-refractivity contribution in [2.45, 2.75) is 58.0 Å². The number of hydrogen-bond donors (Lipinski definition) is 0. The molecule has 2 atom stereocenters.